The highest BCUT2D eigenvalue weighted by Gasteiger charge is 2.35. The fourth-order valence-corrected chi connectivity index (χ4v) is 2.43. The Kier molecular flexibility index (Phi) is 4.04. The number of carbonyl (C=O) groups excluding carboxylic acids is 1. The van der Waals surface area contributed by atoms with Crippen LogP contribution in [0.1, 0.15) is 36.5 Å². The van der Waals surface area contributed by atoms with Crippen LogP contribution in [0.2, 0.25) is 0 Å². The van der Waals surface area contributed by atoms with E-state index < -0.39 is 4.92 Å². The first-order valence-electron chi connectivity index (χ1n) is 6.70. The summed E-state index contributed by atoms with van der Waals surface area (Å²) in [6, 6.07) is 4.55. The van der Waals surface area contributed by atoms with E-state index in [1.807, 2.05) is 7.05 Å². The molecule has 1 saturated carbocycles. The number of Topliss-reactive ketones (excluding diaryl/α,β-unsaturated/α-hetero) is 1. The molecule has 0 bridgehead atoms. The number of benzene rings is 1. The molecule has 0 heterocycles. The number of carbonyl (C=O) groups is 1. The molecule has 1 aromatic carbocycles. The summed E-state index contributed by atoms with van der Waals surface area (Å²) in [5.74, 6) is -0.176. The van der Waals surface area contributed by atoms with Crippen molar-refractivity contribution in [2.24, 2.45) is 0 Å². The Morgan fingerprint density at radius 2 is 2.15 bits per heavy atom. The Hall–Kier alpha value is -1.95. The van der Waals surface area contributed by atoms with Gasteiger partial charge < -0.3 is 10.6 Å². The van der Waals surface area contributed by atoms with E-state index in [0.29, 0.717) is 17.8 Å². The van der Waals surface area contributed by atoms with Crippen LogP contribution >= 0.6 is 0 Å². The average Bonchev–Trinajstić information content (AvgIpc) is 2.37. The number of nitro groups is 1. The molecule has 0 aliphatic heterocycles. The van der Waals surface area contributed by atoms with E-state index in [1.54, 1.807) is 12.1 Å². The summed E-state index contributed by atoms with van der Waals surface area (Å²) in [4.78, 5) is 22.0. The monoisotopic (exact) mass is 277 g/mol. The van der Waals surface area contributed by atoms with E-state index >= 15 is 0 Å². The van der Waals surface area contributed by atoms with Crippen LogP contribution in [0.25, 0.3) is 0 Å². The maximum Gasteiger partial charge on any atom is 0.293 e. The van der Waals surface area contributed by atoms with Gasteiger partial charge in [0.2, 0.25) is 0 Å². The Balaban J connectivity index is 2.18. The van der Waals surface area contributed by atoms with Crippen LogP contribution in [0.5, 0.6) is 0 Å². The van der Waals surface area contributed by atoms with E-state index in [-0.39, 0.29) is 17.0 Å². The fourth-order valence-electron chi connectivity index (χ4n) is 2.43. The predicted octanol–water partition coefficient (Wildman–Crippen LogP) is 2.35. The molecule has 20 heavy (non-hydrogen) atoms. The zero-order chi connectivity index (χ0) is 14.8. The first-order valence-corrected chi connectivity index (χ1v) is 6.70. The molecule has 2 N–H and O–H groups in total. The van der Waals surface area contributed by atoms with E-state index in [1.165, 1.54) is 19.4 Å². The van der Waals surface area contributed by atoms with Gasteiger partial charge in [0.05, 0.1) is 4.92 Å². The number of nitrogens with one attached hydrogen (secondary N) is 2. The van der Waals surface area contributed by atoms with Gasteiger partial charge >= 0.3 is 0 Å². The van der Waals surface area contributed by atoms with Crippen molar-refractivity contribution in [1.29, 1.82) is 0 Å². The Morgan fingerprint density at radius 1 is 1.45 bits per heavy atom. The van der Waals surface area contributed by atoms with Crippen LogP contribution in [-0.2, 0) is 0 Å². The molecule has 6 heteroatoms. The van der Waals surface area contributed by atoms with Crippen molar-refractivity contribution in [2.45, 2.75) is 31.7 Å². The van der Waals surface area contributed by atoms with E-state index in [9.17, 15) is 14.9 Å². The average molecular weight is 277 g/mol. The van der Waals surface area contributed by atoms with Crippen molar-refractivity contribution in [3.05, 3.63) is 33.9 Å². The molecule has 0 spiro atoms. The molecule has 1 aromatic rings. The van der Waals surface area contributed by atoms with Crippen molar-refractivity contribution < 1.29 is 9.72 Å². The molecule has 0 amide bonds. The third-order valence-corrected chi connectivity index (χ3v) is 4.06. The third-order valence-electron chi connectivity index (χ3n) is 4.06. The standard InChI is InChI=1S/C14H19N3O3/c1-10(18)11-4-5-12(13(8-11)17(19)20)16-9-14(15-2)6-3-7-14/h4-5,8,15-16H,3,6-7,9H2,1-2H3. The fraction of sp³-hybridized carbons (Fsp3) is 0.500. The van der Waals surface area contributed by atoms with Crippen LogP contribution in [0.4, 0.5) is 11.4 Å². The second-order valence-electron chi connectivity index (χ2n) is 5.28. The Labute approximate surface area is 117 Å². The maximum atomic E-state index is 11.3. The number of hydrogen-bond acceptors (Lipinski definition) is 5. The number of nitrogens with zero attached hydrogens (tertiary/aromatic N) is 1. The minimum absolute atomic E-state index is 0.0348. The topological polar surface area (TPSA) is 84.3 Å². The summed E-state index contributed by atoms with van der Waals surface area (Å²) in [5, 5.41) is 17.5. The molecule has 0 saturated heterocycles. The van der Waals surface area contributed by atoms with Gasteiger partial charge in [-0.15, -0.1) is 0 Å². The number of rotatable bonds is 6. The molecule has 2 rings (SSSR count). The number of anilines is 1. The van der Waals surface area contributed by atoms with Gasteiger partial charge in [-0.2, -0.15) is 0 Å². The molecule has 1 fully saturated rings. The summed E-state index contributed by atoms with van der Waals surface area (Å²) in [7, 11) is 1.91. The number of likely N-dealkylation sites (N-methyl/N-ethyl adjacent to an activating group) is 1. The predicted molar refractivity (Wildman–Crippen MR) is 77.2 cm³/mol. The molecule has 0 unspecified atom stereocenters. The normalized spacial score (nSPS) is 16.3. The lowest BCUT2D eigenvalue weighted by atomic mass is 9.77. The molecule has 1 aliphatic rings. The van der Waals surface area contributed by atoms with Crippen LogP contribution in [0.15, 0.2) is 18.2 Å². The molecular formula is C14H19N3O3. The van der Waals surface area contributed by atoms with Gasteiger partial charge in [-0.05, 0) is 45.4 Å². The lowest BCUT2D eigenvalue weighted by Gasteiger charge is -2.42. The van der Waals surface area contributed by atoms with Gasteiger partial charge in [0.1, 0.15) is 5.69 Å². The van der Waals surface area contributed by atoms with Gasteiger partial charge in [-0.3, -0.25) is 14.9 Å². The minimum Gasteiger partial charge on any atom is -0.378 e. The summed E-state index contributed by atoms with van der Waals surface area (Å²) < 4.78 is 0. The van der Waals surface area contributed by atoms with Crippen LogP contribution in [0, 0.1) is 10.1 Å². The smallest absolute Gasteiger partial charge is 0.293 e. The third kappa shape index (κ3) is 2.80. The van der Waals surface area contributed by atoms with Crippen LogP contribution < -0.4 is 10.6 Å². The summed E-state index contributed by atoms with van der Waals surface area (Å²) >= 11 is 0. The largest absolute Gasteiger partial charge is 0.378 e. The molecule has 1 aliphatic carbocycles. The van der Waals surface area contributed by atoms with Crippen molar-refractivity contribution >= 4 is 17.2 Å². The lowest BCUT2D eigenvalue weighted by molar-refractivity contribution is -0.384. The zero-order valence-electron chi connectivity index (χ0n) is 11.7. The van der Waals surface area contributed by atoms with E-state index in [4.69, 9.17) is 0 Å². The highest BCUT2D eigenvalue weighted by atomic mass is 16.6. The molecule has 6 nitrogen and oxygen atoms in total. The summed E-state index contributed by atoms with van der Waals surface area (Å²) in [5.41, 5.74) is 0.798. The van der Waals surface area contributed by atoms with Crippen molar-refractivity contribution in [3.63, 3.8) is 0 Å². The minimum atomic E-state index is -0.457. The first kappa shape index (κ1) is 14.5. The van der Waals surface area contributed by atoms with Gasteiger partial charge in [-0.1, -0.05) is 0 Å². The second kappa shape index (κ2) is 5.58. The summed E-state index contributed by atoms with van der Waals surface area (Å²) in [6.45, 7) is 2.04. The maximum absolute atomic E-state index is 11.3. The van der Waals surface area contributed by atoms with Crippen LogP contribution in [0.3, 0.4) is 0 Å². The highest BCUT2D eigenvalue weighted by Crippen LogP contribution is 2.33. The van der Waals surface area contributed by atoms with Gasteiger partial charge in [0, 0.05) is 23.7 Å². The number of nitro benzene ring substituents is 1. The van der Waals surface area contributed by atoms with E-state index in [0.717, 1.165) is 12.8 Å². The first-order chi connectivity index (χ1) is 9.47. The number of hydrogen-bond donors (Lipinski definition) is 2. The molecule has 0 aromatic heterocycles. The molecule has 108 valence electrons. The molecule has 0 radical (unpaired) electrons. The van der Waals surface area contributed by atoms with Crippen LogP contribution in [-0.4, -0.2) is 29.8 Å². The molecule has 0 atom stereocenters. The molecular weight excluding hydrogens is 258 g/mol. The second-order valence-corrected chi connectivity index (χ2v) is 5.28. The van der Waals surface area contributed by atoms with Crippen molar-refractivity contribution in [1.82, 2.24) is 5.32 Å². The van der Waals surface area contributed by atoms with Gasteiger partial charge in [-0.25, -0.2) is 0 Å². The summed E-state index contributed by atoms with van der Waals surface area (Å²) in [6.07, 6.45) is 3.31. The van der Waals surface area contributed by atoms with E-state index in [2.05, 4.69) is 10.6 Å². The quantitative estimate of drug-likeness (QED) is 0.473. The SMILES string of the molecule is CNC1(CNc2ccc(C(C)=O)cc2[N+](=O)[O-])CCC1. The van der Waals surface area contributed by atoms with Crippen molar-refractivity contribution in [2.75, 3.05) is 18.9 Å². The lowest BCUT2D eigenvalue weighted by Crippen LogP contribution is -2.54. The highest BCUT2D eigenvalue weighted by molar-refractivity contribution is 5.95. The van der Waals surface area contributed by atoms with Gasteiger partial charge in [0.25, 0.3) is 5.69 Å². The Bertz CT molecular complexity index is 533. The number of ketones is 1. The van der Waals surface area contributed by atoms with Gasteiger partial charge in [0.15, 0.2) is 5.78 Å². The Morgan fingerprint density at radius 3 is 2.60 bits per heavy atom. The van der Waals surface area contributed by atoms with Crippen molar-refractivity contribution in [3.8, 4) is 0 Å². The zero-order valence-corrected chi connectivity index (χ0v) is 11.7.